The molecular formula is C13H11N3S2. The van der Waals surface area contributed by atoms with Crippen LogP contribution >= 0.6 is 23.6 Å². The molecule has 0 amide bonds. The molecule has 3 nitrogen and oxygen atoms in total. The number of rotatable bonds is 2. The normalized spacial score (nSPS) is 10.7. The minimum Gasteiger partial charge on any atom is -0.267 e. The lowest BCUT2D eigenvalue weighted by molar-refractivity contribution is 1.03. The summed E-state index contributed by atoms with van der Waals surface area (Å²) in [7, 11) is 0. The number of thiophene rings is 1. The van der Waals surface area contributed by atoms with E-state index in [4.69, 9.17) is 12.2 Å². The summed E-state index contributed by atoms with van der Waals surface area (Å²) in [5.41, 5.74) is 2.24. The van der Waals surface area contributed by atoms with Crippen LogP contribution in [0.3, 0.4) is 0 Å². The highest BCUT2D eigenvalue weighted by molar-refractivity contribution is 7.71. The second-order valence-corrected chi connectivity index (χ2v) is 5.34. The van der Waals surface area contributed by atoms with E-state index in [2.05, 4.69) is 29.3 Å². The molecule has 3 rings (SSSR count). The summed E-state index contributed by atoms with van der Waals surface area (Å²) in [6.45, 7) is 2.07. The minimum absolute atomic E-state index is 0.615. The Morgan fingerprint density at radius 1 is 1.28 bits per heavy atom. The fourth-order valence-corrected chi connectivity index (χ4v) is 2.82. The first-order valence-electron chi connectivity index (χ1n) is 5.54. The number of hydrogen-bond acceptors (Lipinski definition) is 3. The van der Waals surface area contributed by atoms with Gasteiger partial charge in [0.25, 0.3) is 0 Å². The quantitative estimate of drug-likeness (QED) is 0.717. The van der Waals surface area contributed by atoms with Gasteiger partial charge < -0.3 is 0 Å². The van der Waals surface area contributed by atoms with Crippen LogP contribution in [0.2, 0.25) is 0 Å². The lowest BCUT2D eigenvalue weighted by Crippen LogP contribution is -1.96. The molecular weight excluding hydrogens is 262 g/mol. The van der Waals surface area contributed by atoms with Gasteiger partial charge in [-0.1, -0.05) is 18.2 Å². The van der Waals surface area contributed by atoms with Crippen LogP contribution in [0, 0.1) is 11.7 Å². The molecule has 0 radical (unpaired) electrons. The summed E-state index contributed by atoms with van der Waals surface area (Å²) < 4.78 is 2.58. The number of aromatic amines is 1. The van der Waals surface area contributed by atoms with Crippen LogP contribution < -0.4 is 0 Å². The lowest BCUT2D eigenvalue weighted by atomic mass is 10.2. The molecule has 0 aliphatic rings. The predicted octanol–water partition coefficient (Wildman–Crippen LogP) is 3.97. The molecule has 0 aliphatic carbocycles. The average Bonchev–Trinajstić information content (AvgIpc) is 2.97. The summed E-state index contributed by atoms with van der Waals surface area (Å²) in [5, 5.41) is 9.22. The highest BCUT2D eigenvalue weighted by Crippen LogP contribution is 2.25. The molecule has 0 aliphatic heterocycles. The van der Waals surface area contributed by atoms with Crippen molar-refractivity contribution < 1.29 is 0 Å². The first-order chi connectivity index (χ1) is 8.75. The SMILES string of the molecule is Cc1cccc(-n2c(-c3cccs3)n[nH]c2=S)c1. The van der Waals surface area contributed by atoms with Crippen molar-refractivity contribution in [1.82, 2.24) is 14.8 Å². The van der Waals surface area contributed by atoms with Crippen LogP contribution in [-0.2, 0) is 0 Å². The zero-order chi connectivity index (χ0) is 12.5. The molecule has 0 unspecified atom stereocenters. The van der Waals surface area contributed by atoms with Crippen molar-refractivity contribution in [2.24, 2.45) is 0 Å². The van der Waals surface area contributed by atoms with Crippen molar-refractivity contribution in [3.8, 4) is 16.4 Å². The number of H-pyrrole nitrogens is 1. The topological polar surface area (TPSA) is 33.6 Å². The van der Waals surface area contributed by atoms with Gasteiger partial charge in [-0.2, -0.15) is 5.10 Å². The van der Waals surface area contributed by atoms with Crippen molar-refractivity contribution >= 4 is 23.6 Å². The molecule has 2 heterocycles. The smallest absolute Gasteiger partial charge is 0.200 e. The molecule has 1 N–H and O–H groups in total. The highest BCUT2D eigenvalue weighted by Gasteiger charge is 2.11. The molecule has 2 aromatic heterocycles. The first kappa shape index (κ1) is 11.4. The monoisotopic (exact) mass is 273 g/mol. The average molecular weight is 273 g/mol. The van der Waals surface area contributed by atoms with E-state index in [1.165, 1.54) is 5.56 Å². The van der Waals surface area contributed by atoms with E-state index in [0.29, 0.717) is 4.77 Å². The van der Waals surface area contributed by atoms with Crippen molar-refractivity contribution in [3.05, 3.63) is 52.1 Å². The molecule has 0 saturated heterocycles. The van der Waals surface area contributed by atoms with Crippen molar-refractivity contribution in [3.63, 3.8) is 0 Å². The molecule has 0 atom stereocenters. The molecule has 0 bridgehead atoms. The molecule has 18 heavy (non-hydrogen) atoms. The zero-order valence-corrected chi connectivity index (χ0v) is 11.4. The van der Waals surface area contributed by atoms with Gasteiger partial charge in [-0.05, 0) is 48.3 Å². The Labute approximate surface area is 114 Å². The van der Waals surface area contributed by atoms with Gasteiger partial charge in [-0.15, -0.1) is 11.3 Å². The second kappa shape index (κ2) is 4.51. The summed E-state index contributed by atoms with van der Waals surface area (Å²) in [5.74, 6) is 0.862. The zero-order valence-electron chi connectivity index (χ0n) is 9.75. The number of aromatic nitrogens is 3. The van der Waals surface area contributed by atoms with Crippen LogP contribution in [0.4, 0.5) is 0 Å². The largest absolute Gasteiger partial charge is 0.267 e. The number of nitrogens with zero attached hydrogens (tertiary/aromatic N) is 2. The van der Waals surface area contributed by atoms with Gasteiger partial charge in [0.2, 0.25) is 0 Å². The maximum Gasteiger partial charge on any atom is 0.200 e. The molecule has 90 valence electrons. The Hall–Kier alpha value is -1.72. The van der Waals surface area contributed by atoms with Gasteiger partial charge in [0.1, 0.15) is 0 Å². The predicted molar refractivity (Wildman–Crippen MR) is 76.8 cm³/mol. The van der Waals surface area contributed by atoms with Gasteiger partial charge in [0.05, 0.1) is 10.6 Å². The van der Waals surface area contributed by atoms with Crippen molar-refractivity contribution in [2.75, 3.05) is 0 Å². The summed E-state index contributed by atoms with van der Waals surface area (Å²) in [6, 6.07) is 12.3. The van der Waals surface area contributed by atoms with Crippen LogP contribution in [0.1, 0.15) is 5.56 Å². The van der Waals surface area contributed by atoms with Gasteiger partial charge in [0, 0.05) is 0 Å². The van der Waals surface area contributed by atoms with E-state index < -0.39 is 0 Å². The Balaban J connectivity index is 2.24. The maximum atomic E-state index is 5.32. The van der Waals surface area contributed by atoms with Gasteiger partial charge in [-0.25, -0.2) is 0 Å². The van der Waals surface area contributed by atoms with E-state index in [0.717, 1.165) is 16.4 Å². The van der Waals surface area contributed by atoms with Crippen LogP contribution in [0.15, 0.2) is 41.8 Å². The number of nitrogens with one attached hydrogen (secondary N) is 1. The van der Waals surface area contributed by atoms with Crippen LogP contribution in [-0.4, -0.2) is 14.8 Å². The third-order valence-corrected chi connectivity index (χ3v) is 3.81. The fraction of sp³-hybridized carbons (Fsp3) is 0.0769. The second-order valence-electron chi connectivity index (χ2n) is 4.00. The summed E-state index contributed by atoms with van der Waals surface area (Å²) in [4.78, 5) is 1.10. The molecule has 3 aromatic rings. The summed E-state index contributed by atoms with van der Waals surface area (Å²) in [6.07, 6.45) is 0. The highest BCUT2D eigenvalue weighted by atomic mass is 32.1. The molecule has 0 fully saturated rings. The van der Waals surface area contributed by atoms with Crippen LogP contribution in [0.25, 0.3) is 16.4 Å². The van der Waals surface area contributed by atoms with Crippen molar-refractivity contribution in [1.29, 1.82) is 0 Å². The Bertz CT molecular complexity index is 723. The first-order valence-corrected chi connectivity index (χ1v) is 6.83. The van der Waals surface area contributed by atoms with E-state index in [9.17, 15) is 0 Å². The standard InChI is InChI=1S/C13H11N3S2/c1-9-4-2-5-10(8-9)16-12(14-15-13(16)17)11-6-3-7-18-11/h2-8H,1H3,(H,15,17). The Kier molecular flexibility index (Phi) is 2.85. The number of benzene rings is 1. The molecule has 1 aromatic carbocycles. The van der Waals surface area contributed by atoms with Crippen LogP contribution in [0.5, 0.6) is 0 Å². The molecule has 0 spiro atoms. The molecule has 0 saturated carbocycles. The Morgan fingerprint density at radius 2 is 2.17 bits per heavy atom. The van der Waals surface area contributed by atoms with E-state index in [-0.39, 0.29) is 0 Å². The number of hydrogen-bond donors (Lipinski definition) is 1. The maximum absolute atomic E-state index is 5.32. The van der Waals surface area contributed by atoms with Gasteiger partial charge in [-0.3, -0.25) is 9.67 Å². The minimum atomic E-state index is 0.615. The van der Waals surface area contributed by atoms with Gasteiger partial charge >= 0.3 is 0 Å². The number of aryl methyl sites for hydroxylation is 1. The van der Waals surface area contributed by atoms with Gasteiger partial charge in [0.15, 0.2) is 10.6 Å². The third-order valence-electron chi connectivity index (χ3n) is 2.67. The van der Waals surface area contributed by atoms with E-state index >= 15 is 0 Å². The Morgan fingerprint density at radius 3 is 2.89 bits per heavy atom. The van der Waals surface area contributed by atoms with E-state index in [1.807, 2.05) is 34.2 Å². The molecule has 5 heteroatoms. The lowest BCUT2D eigenvalue weighted by Gasteiger charge is -2.06. The third kappa shape index (κ3) is 1.91. The summed E-state index contributed by atoms with van der Waals surface area (Å²) >= 11 is 6.97. The van der Waals surface area contributed by atoms with Crippen molar-refractivity contribution in [2.45, 2.75) is 6.92 Å². The van der Waals surface area contributed by atoms with E-state index in [1.54, 1.807) is 11.3 Å². The fourth-order valence-electron chi connectivity index (χ4n) is 1.87.